The van der Waals surface area contributed by atoms with Gasteiger partial charge in [-0.25, -0.2) is 14.8 Å². The fourth-order valence-corrected chi connectivity index (χ4v) is 6.49. The number of aryl methyl sites for hydroxylation is 1. The number of carbonyl (C=O) groups excluding carboxylic acids is 3. The van der Waals surface area contributed by atoms with Gasteiger partial charge in [0.25, 0.3) is 5.91 Å². The smallest absolute Gasteiger partial charge is 0.409 e. The first kappa shape index (κ1) is 35.1. The second-order valence-corrected chi connectivity index (χ2v) is 12.6. The zero-order valence-corrected chi connectivity index (χ0v) is 27.2. The second-order valence-electron chi connectivity index (χ2n) is 10.5. The average Bonchev–Trinajstić information content (AvgIpc) is 3.03. The van der Waals surface area contributed by atoms with Gasteiger partial charge in [0.15, 0.2) is 5.82 Å². The molecule has 1 aromatic carbocycles. The lowest BCUT2D eigenvalue weighted by atomic mass is 10.1. The standard InChI is InChI=1S/C31H46N5O7P/c1-5-9-16-25-22-26(33-28(32-25)24-14-12-11-13-15-24)29(37)34-27(23-44(40,42-7-3)43-8-4)30(38)35-17-19-36(20-18-35)31(39)41-21-10-6-2/h11-15,22,27H,5-10,16-21,23H2,1-4H3,(H,34,37)/t27-/m0/s1. The Balaban J connectivity index is 1.84. The highest BCUT2D eigenvalue weighted by molar-refractivity contribution is 7.54. The zero-order valence-electron chi connectivity index (χ0n) is 26.3. The molecular formula is C31H46N5O7P. The molecule has 3 amide bonds. The molecule has 0 aliphatic carbocycles. The SMILES string of the molecule is CCCCOC(=O)N1CCN(C(=O)[C@H](CP(=O)(OCC)OCC)NC(=O)c2cc(CCCC)nc(-c3ccccc3)n2)CC1. The molecule has 1 atom stereocenters. The van der Waals surface area contributed by atoms with Crippen LogP contribution in [0.4, 0.5) is 4.79 Å². The van der Waals surface area contributed by atoms with Crippen LogP contribution >= 0.6 is 7.60 Å². The first-order chi connectivity index (χ1) is 21.2. The number of hydrogen-bond acceptors (Lipinski definition) is 9. The first-order valence-electron chi connectivity index (χ1n) is 15.6. The number of unbranched alkanes of at least 4 members (excludes halogenated alkanes) is 2. The van der Waals surface area contributed by atoms with Gasteiger partial charge >= 0.3 is 13.7 Å². The summed E-state index contributed by atoms with van der Waals surface area (Å²) in [6.07, 6.45) is 3.44. The van der Waals surface area contributed by atoms with E-state index in [2.05, 4.69) is 22.2 Å². The number of ether oxygens (including phenoxy) is 1. The second kappa shape index (κ2) is 17.8. The number of amides is 3. The summed E-state index contributed by atoms with van der Waals surface area (Å²) < 4.78 is 29.8. The molecule has 12 nitrogen and oxygen atoms in total. The van der Waals surface area contributed by atoms with Crippen molar-refractivity contribution in [1.82, 2.24) is 25.1 Å². The topological polar surface area (TPSA) is 140 Å². The Hall–Kier alpha value is -3.34. The van der Waals surface area contributed by atoms with Crippen molar-refractivity contribution in [2.45, 2.75) is 65.8 Å². The molecule has 242 valence electrons. The average molecular weight is 632 g/mol. The summed E-state index contributed by atoms with van der Waals surface area (Å²) in [5, 5.41) is 2.78. The molecule has 44 heavy (non-hydrogen) atoms. The van der Waals surface area contributed by atoms with Gasteiger partial charge < -0.3 is 28.9 Å². The highest BCUT2D eigenvalue weighted by atomic mass is 31.2. The van der Waals surface area contributed by atoms with Crippen molar-refractivity contribution in [2.75, 3.05) is 52.2 Å². The Morgan fingerprint density at radius 1 is 0.909 bits per heavy atom. The van der Waals surface area contributed by atoms with E-state index < -0.39 is 31.5 Å². The van der Waals surface area contributed by atoms with Crippen LogP contribution in [0.3, 0.4) is 0 Å². The van der Waals surface area contributed by atoms with Gasteiger partial charge in [0, 0.05) is 37.4 Å². The van der Waals surface area contributed by atoms with Crippen LogP contribution in [0.5, 0.6) is 0 Å². The minimum Gasteiger partial charge on any atom is -0.449 e. The predicted octanol–water partition coefficient (Wildman–Crippen LogP) is 4.93. The Morgan fingerprint density at radius 2 is 1.55 bits per heavy atom. The molecule has 0 spiro atoms. The van der Waals surface area contributed by atoms with Crippen LogP contribution in [0.2, 0.25) is 0 Å². The maximum atomic E-state index is 13.8. The van der Waals surface area contributed by atoms with Gasteiger partial charge in [-0.05, 0) is 39.2 Å². The molecule has 13 heteroatoms. The number of aromatic nitrogens is 2. The Bertz CT molecular complexity index is 1260. The van der Waals surface area contributed by atoms with Crippen molar-refractivity contribution in [3.05, 3.63) is 47.8 Å². The number of nitrogens with zero attached hydrogens (tertiary/aromatic N) is 4. The summed E-state index contributed by atoms with van der Waals surface area (Å²) in [4.78, 5) is 52.3. The molecule has 2 heterocycles. The monoisotopic (exact) mass is 631 g/mol. The van der Waals surface area contributed by atoms with E-state index >= 15 is 0 Å². The van der Waals surface area contributed by atoms with Crippen LogP contribution in [0.1, 0.15) is 69.6 Å². The van der Waals surface area contributed by atoms with E-state index in [-0.39, 0.29) is 51.2 Å². The number of rotatable bonds is 16. The van der Waals surface area contributed by atoms with Crippen molar-refractivity contribution in [3.8, 4) is 11.4 Å². The van der Waals surface area contributed by atoms with E-state index in [1.54, 1.807) is 29.7 Å². The summed E-state index contributed by atoms with van der Waals surface area (Å²) in [6, 6.07) is 9.78. The number of benzene rings is 1. The zero-order chi connectivity index (χ0) is 32.0. The first-order valence-corrected chi connectivity index (χ1v) is 17.3. The van der Waals surface area contributed by atoms with Crippen molar-refractivity contribution >= 4 is 25.5 Å². The third-order valence-electron chi connectivity index (χ3n) is 7.06. The lowest BCUT2D eigenvalue weighted by Gasteiger charge is -2.36. The number of nitrogens with one attached hydrogen (secondary N) is 1. The molecule has 1 aromatic heterocycles. The molecule has 1 N–H and O–H groups in total. The van der Waals surface area contributed by atoms with Gasteiger partial charge in [-0.1, -0.05) is 57.0 Å². The van der Waals surface area contributed by atoms with E-state index in [1.165, 1.54) is 0 Å². The summed E-state index contributed by atoms with van der Waals surface area (Å²) in [5.41, 5.74) is 1.57. The lowest BCUT2D eigenvalue weighted by Crippen LogP contribution is -2.57. The van der Waals surface area contributed by atoms with Crippen LogP contribution in [0, 0.1) is 0 Å². The molecule has 0 saturated carbocycles. The predicted molar refractivity (Wildman–Crippen MR) is 167 cm³/mol. The van der Waals surface area contributed by atoms with E-state index in [4.69, 9.17) is 13.8 Å². The summed E-state index contributed by atoms with van der Waals surface area (Å²) in [6.45, 7) is 9.04. The summed E-state index contributed by atoms with van der Waals surface area (Å²) in [5.74, 6) is -0.637. The number of carbonyl (C=O) groups is 3. The molecular weight excluding hydrogens is 585 g/mol. The highest BCUT2D eigenvalue weighted by Crippen LogP contribution is 2.48. The molecule has 1 aliphatic rings. The van der Waals surface area contributed by atoms with Gasteiger partial charge in [-0.15, -0.1) is 0 Å². The van der Waals surface area contributed by atoms with Crippen LogP contribution in [0.15, 0.2) is 36.4 Å². The molecule has 0 bridgehead atoms. The highest BCUT2D eigenvalue weighted by Gasteiger charge is 2.37. The third-order valence-corrected chi connectivity index (χ3v) is 9.18. The maximum Gasteiger partial charge on any atom is 0.409 e. The van der Waals surface area contributed by atoms with Crippen molar-refractivity contribution in [1.29, 1.82) is 0 Å². The van der Waals surface area contributed by atoms with E-state index in [9.17, 15) is 18.9 Å². The molecule has 1 saturated heterocycles. The van der Waals surface area contributed by atoms with Crippen LogP contribution < -0.4 is 5.32 Å². The summed E-state index contributed by atoms with van der Waals surface area (Å²) in [7, 11) is -3.73. The van der Waals surface area contributed by atoms with Gasteiger partial charge in [-0.3, -0.25) is 14.2 Å². The van der Waals surface area contributed by atoms with Crippen molar-refractivity contribution in [2.24, 2.45) is 0 Å². The quantitative estimate of drug-likeness (QED) is 0.202. The molecule has 1 fully saturated rings. The molecule has 0 radical (unpaired) electrons. The Kier molecular flexibility index (Phi) is 14.2. The minimum atomic E-state index is -3.73. The van der Waals surface area contributed by atoms with Gasteiger partial charge in [0.2, 0.25) is 5.91 Å². The van der Waals surface area contributed by atoms with Gasteiger partial charge in [-0.2, -0.15) is 0 Å². The van der Waals surface area contributed by atoms with E-state index in [0.29, 0.717) is 24.5 Å². The normalized spacial score (nSPS) is 14.3. The van der Waals surface area contributed by atoms with E-state index in [1.807, 2.05) is 37.3 Å². The number of piperazine rings is 1. The summed E-state index contributed by atoms with van der Waals surface area (Å²) >= 11 is 0. The Labute approximate surface area is 260 Å². The lowest BCUT2D eigenvalue weighted by molar-refractivity contribution is -0.134. The molecule has 0 unspecified atom stereocenters. The van der Waals surface area contributed by atoms with Crippen LogP contribution in [0.25, 0.3) is 11.4 Å². The van der Waals surface area contributed by atoms with Crippen LogP contribution in [-0.2, 0) is 29.6 Å². The van der Waals surface area contributed by atoms with Gasteiger partial charge in [0.1, 0.15) is 11.7 Å². The molecule has 3 rings (SSSR count). The largest absolute Gasteiger partial charge is 0.449 e. The molecule has 2 aromatic rings. The fourth-order valence-electron chi connectivity index (χ4n) is 4.72. The van der Waals surface area contributed by atoms with Gasteiger partial charge in [0.05, 0.1) is 26.0 Å². The fraction of sp³-hybridized carbons (Fsp3) is 0.581. The molecule has 1 aliphatic heterocycles. The van der Waals surface area contributed by atoms with E-state index in [0.717, 1.165) is 31.2 Å². The number of hydrogen-bond donors (Lipinski definition) is 1. The van der Waals surface area contributed by atoms with Crippen LogP contribution in [-0.4, -0.2) is 95.9 Å². The maximum absolute atomic E-state index is 13.8. The minimum absolute atomic E-state index is 0.102. The van der Waals surface area contributed by atoms with Crippen molar-refractivity contribution in [3.63, 3.8) is 0 Å². The Morgan fingerprint density at radius 3 is 2.16 bits per heavy atom. The van der Waals surface area contributed by atoms with Crippen molar-refractivity contribution < 1.29 is 32.7 Å². The third kappa shape index (κ3) is 10.4.